The summed E-state index contributed by atoms with van der Waals surface area (Å²) in [4.78, 5) is 24.9. The molecule has 0 radical (unpaired) electrons. The van der Waals surface area contributed by atoms with Crippen LogP contribution < -0.4 is 10.6 Å². The maximum absolute atomic E-state index is 12.7. The van der Waals surface area contributed by atoms with E-state index >= 15 is 0 Å². The van der Waals surface area contributed by atoms with E-state index < -0.39 is 0 Å². The van der Waals surface area contributed by atoms with E-state index in [-0.39, 0.29) is 17.6 Å². The molecular weight excluding hydrogens is 420 g/mol. The van der Waals surface area contributed by atoms with Gasteiger partial charge in [-0.05, 0) is 42.8 Å². The van der Waals surface area contributed by atoms with E-state index in [4.69, 9.17) is 0 Å². The molecule has 1 atom stereocenters. The fourth-order valence-corrected chi connectivity index (χ4v) is 2.83. The molecule has 34 heavy (non-hydrogen) atoms. The molecule has 0 aliphatic carbocycles. The number of hydrogen-bond acceptors (Lipinski definition) is 3. The summed E-state index contributed by atoms with van der Waals surface area (Å²) in [5.74, 6) is -0.132. The van der Waals surface area contributed by atoms with Crippen molar-refractivity contribution in [2.45, 2.75) is 48.0 Å². The van der Waals surface area contributed by atoms with E-state index in [0.29, 0.717) is 16.8 Å². The van der Waals surface area contributed by atoms with Gasteiger partial charge in [0.15, 0.2) is 5.78 Å². The molecule has 0 aliphatic heterocycles. The van der Waals surface area contributed by atoms with E-state index in [1.807, 2.05) is 96.1 Å². The second-order valence-electron chi connectivity index (χ2n) is 6.74. The zero-order valence-corrected chi connectivity index (χ0v) is 21.5. The molecule has 0 spiro atoms. The lowest BCUT2D eigenvalue weighted by Gasteiger charge is -2.13. The van der Waals surface area contributed by atoms with Crippen molar-refractivity contribution in [3.8, 4) is 0 Å². The molecule has 182 valence electrons. The fraction of sp³-hybridized carbons (Fsp3) is 0.267. The van der Waals surface area contributed by atoms with Gasteiger partial charge in [0.25, 0.3) is 5.91 Å². The van der Waals surface area contributed by atoms with Crippen molar-refractivity contribution in [3.05, 3.63) is 103 Å². The Morgan fingerprint density at radius 3 is 1.74 bits per heavy atom. The predicted molar refractivity (Wildman–Crippen MR) is 148 cm³/mol. The third kappa shape index (κ3) is 9.45. The summed E-state index contributed by atoms with van der Waals surface area (Å²) < 4.78 is 0. The minimum absolute atomic E-state index is 0.0179. The third-order valence-corrected chi connectivity index (χ3v) is 4.72. The highest BCUT2D eigenvalue weighted by atomic mass is 16.1. The van der Waals surface area contributed by atoms with Crippen molar-refractivity contribution in [2.75, 3.05) is 10.6 Å². The Balaban J connectivity index is 0.00000168. The van der Waals surface area contributed by atoms with Crippen LogP contribution in [0, 0.1) is 5.92 Å². The van der Waals surface area contributed by atoms with Crippen molar-refractivity contribution in [2.24, 2.45) is 5.92 Å². The molecule has 0 aromatic heterocycles. The third-order valence-electron chi connectivity index (χ3n) is 4.72. The number of anilines is 3. The molecule has 0 bridgehead atoms. The zero-order valence-electron chi connectivity index (χ0n) is 21.5. The molecule has 0 saturated carbocycles. The molecule has 2 N–H and O–H groups in total. The number of nitrogens with one attached hydrogen (secondary N) is 2. The Kier molecular flexibility index (Phi) is 15.9. The predicted octanol–water partition coefficient (Wildman–Crippen LogP) is 8.77. The Labute approximate surface area is 206 Å². The zero-order chi connectivity index (χ0) is 25.9. The van der Waals surface area contributed by atoms with Crippen LogP contribution in [0.15, 0.2) is 92.0 Å². The highest BCUT2D eigenvalue weighted by molar-refractivity contribution is 6.07. The van der Waals surface area contributed by atoms with Gasteiger partial charge in [-0.25, -0.2) is 0 Å². The molecule has 0 saturated heterocycles. The first kappa shape index (κ1) is 30.3. The van der Waals surface area contributed by atoms with E-state index in [1.54, 1.807) is 24.3 Å². The average Bonchev–Trinajstić information content (AvgIpc) is 2.93. The van der Waals surface area contributed by atoms with Crippen LogP contribution in [-0.4, -0.2) is 11.7 Å². The Bertz CT molecular complexity index is 967. The second kappa shape index (κ2) is 17.8. The smallest absolute Gasteiger partial charge is 0.255 e. The summed E-state index contributed by atoms with van der Waals surface area (Å²) in [7, 11) is 0. The SMILES string of the molecule is C=C.CC.CC.CCC(C)C(=O)c1ccc(C(=O)Nc2ccccc2Nc2ccccc2)cc1. The number of rotatable bonds is 7. The first-order valence-corrected chi connectivity index (χ1v) is 11.9. The number of Topliss-reactive ketones (excluding diaryl/α,β-unsaturated/α-hetero) is 1. The van der Waals surface area contributed by atoms with Gasteiger partial charge in [-0.15, -0.1) is 13.2 Å². The summed E-state index contributed by atoms with van der Waals surface area (Å²) >= 11 is 0. The number of carbonyl (C=O) groups is 2. The summed E-state index contributed by atoms with van der Waals surface area (Å²) in [5, 5.41) is 6.26. The van der Waals surface area contributed by atoms with Crippen LogP contribution in [0.2, 0.25) is 0 Å². The Morgan fingerprint density at radius 2 is 1.21 bits per heavy atom. The van der Waals surface area contributed by atoms with Crippen molar-refractivity contribution in [3.63, 3.8) is 0 Å². The van der Waals surface area contributed by atoms with Gasteiger partial charge in [-0.3, -0.25) is 9.59 Å². The van der Waals surface area contributed by atoms with E-state index in [0.717, 1.165) is 17.8 Å². The largest absolute Gasteiger partial charge is 0.354 e. The van der Waals surface area contributed by atoms with E-state index in [1.165, 1.54) is 0 Å². The fourth-order valence-electron chi connectivity index (χ4n) is 2.83. The molecular formula is C30H40N2O2. The summed E-state index contributed by atoms with van der Waals surface area (Å²) in [6.07, 6.45) is 0.798. The van der Waals surface area contributed by atoms with Gasteiger partial charge in [-0.2, -0.15) is 0 Å². The highest BCUT2D eigenvalue weighted by Gasteiger charge is 2.14. The lowest BCUT2D eigenvalue weighted by Crippen LogP contribution is -2.14. The summed E-state index contributed by atoms with van der Waals surface area (Å²) in [5.41, 5.74) is 3.59. The second-order valence-corrected chi connectivity index (χ2v) is 6.74. The number of hydrogen-bond donors (Lipinski definition) is 2. The van der Waals surface area contributed by atoms with Gasteiger partial charge in [0, 0.05) is 22.7 Å². The van der Waals surface area contributed by atoms with Crippen LogP contribution in [-0.2, 0) is 0 Å². The van der Waals surface area contributed by atoms with Crippen LogP contribution in [0.5, 0.6) is 0 Å². The molecule has 3 aromatic rings. The molecule has 0 aliphatic rings. The number of para-hydroxylation sites is 3. The lowest BCUT2D eigenvalue weighted by atomic mass is 9.96. The summed E-state index contributed by atoms with van der Waals surface area (Å²) in [6.45, 7) is 17.9. The van der Waals surface area contributed by atoms with Gasteiger partial charge >= 0.3 is 0 Å². The minimum atomic E-state index is -0.218. The average molecular weight is 461 g/mol. The van der Waals surface area contributed by atoms with Gasteiger partial charge in [0.05, 0.1) is 11.4 Å². The quantitative estimate of drug-likeness (QED) is 0.274. The Hall–Kier alpha value is -3.66. The molecule has 1 amide bonds. The van der Waals surface area contributed by atoms with Crippen molar-refractivity contribution in [1.29, 1.82) is 0 Å². The van der Waals surface area contributed by atoms with Crippen molar-refractivity contribution in [1.82, 2.24) is 0 Å². The maximum Gasteiger partial charge on any atom is 0.255 e. The van der Waals surface area contributed by atoms with Gasteiger partial charge in [0.1, 0.15) is 0 Å². The normalized spacial score (nSPS) is 9.94. The van der Waals surface area contributed by atoms with Crippen molar-refractivity contribution >= 4 is 28.8 Å². The Morgan fingerprint density at radius 1 is 0.735 bits per heavy atom. The number of amides is 1. The van der Waals surface area contributed by atoms with Crippen LogP contribution in [0.1, 0.15) is 68.7 Å². The lowest BCUT2D eigenvalue weighted by molar-refractivity contribution is 0.0926. The molecule has 0 heterocycles. The standard InChI is InChI=1S/C24H24N2O2.2C2H6.C2H4/c1-3-17(2)23(27)18-13-15-19(16-14-18)24(28)26-22-12-8-7-11-21(22)25-20-9-5-4-6-10-20;3*1-2/h4-17,25H,3H2,1-2H3,(H,26,28);2*1-2H3;1-2H2. The molecule has 1 unspecified atom stereocenters. The monoisotopic (exact) mass is 460 g/mol. The molecule has 4 nitrogen and oxygen atoms in total. The number of carbonyl (C=O) groups excluding carboxylic acids is 2. The van der Waals surface area contributed by atoms with Crippen molar-refractivity contribution < 1.29 is 9.59 Å². The van der Waals surface area contributed by atoms with Crippen LogP contribution in [0.25, 0.3) is 0 Å². The molecule has 3 aromatic carbocycles. The summed E-state index contributed by atoms with van der Waals surface area (Å²) in [6, 6.07) is 24.2. The van der Waals surface area contributed by atoms with Crippen LogP contribution in [0.4, 0.5) is 17.1 Å². The van der Waals surface area contributed by atoms with E-state index in [9.17, 15) is 9.59 Å². The number of benzene rings is 3. The number of ketones is 1. The molecule has 0 fully saturated rings. The minimum Gasteiger partial charge on any atom is -0.354 e. The van der Waals surface area contributed by atoms with Crippen LogP contribution >= 0.6 is 0 Å². The van der Waals surface area contributed by atoms with Gasteiger partial charge in [-0.1, -0.05) is 84.0 Å². The van der Waals surface area contributed by atoms with E-state index in [2.05, 4.69) is 23.8 Å². The first-order valence-electron chi connectivity index (χ1n) is 11.9. The van der Waals surface area contributed by atoms with Gasteiger partial charge in [0.2, 0.25) is 0 Å². The first-order chi connectivity index (χ1) is 16.6. The van der Waals surface area contributed by atoms with Crippen LogP contribution in [0.3, 0.4) is 0 Å². The molecule has 3 rings (SSSR count). The topological polar surface area (TPSA) is 58.2 Å². The highest BCUT2D eigenvalue weighted by Crippen LogP contribution is 2.25. The van der Waals surface area contributed by atoms with Gasteiger partial charge < -0.3 is 10.6 Å². The molecule has 4 heteroatoms. The maximum atomic E-state index is 12.7.